The first-order valence-corrected chi connectivity index (χ1v) is 6.51. The Morgan fingerprint density at radius 3 is 2.40 bits per heavy atom. The molecule has 2 rings (SSSR count). The van der Waals surface area contributed by atoms with Crippen LogP contribution in [0.5, 0.6) is 11.5 Å². The third-order valence-corrected chi connectivity index (χ3v) is 3.14. The fourth-order valence-electron chi connectivity index (χ4n) is 1.58. The highest BCUT2D eigenvalue weighted by Crippen LogP contribution is 2.36. The third kappa shape index (κ3) is 3.58. The lowest BCUT2D eigenvalue weighted by Gasteiger charge is -2.11. The van der Waals surface area contributed by atoms with E-state index in [0.717, 1.165) is 17.7 Å². The van der Waals surface area contributed by atoms with Gasteiger partial charge < -0.3 is 4.74 Å². The average molecular weight is 321 g/mol. The van der Waals surface area contributed by atoms with E-state index in [-0.39, 0.29) is 10.8 Å². The Hall–Kier alpha value is -1.39. The molecule has 0 fully saturated rings. The molecule has 0 spiro atoms. The van der Waals surface area contributed by atoms with E-state index in [1.54, 1.807) is 18.2 Å². The first-order valence-electron chi connectivity index (χ1n) is 5.59. The van der Waals surface area contributed by atoms with Crippen LogP contribution in [0.4, 0.5) is 13.2 Å². The molecule has 0 N–H and O–H groups in total. The van der Waals surface area contributed by atoms with Gasteiger partial charge in [-0.05, 0) is 35.9 Å². The molecular formula is C14H9Cl2F3O. The fraction of sp³-hybridized carbons (Fsp3) is 0.143. The summed E-state index contributed by atoms with van der Waals surface area (Å²) in [5, 5.41) is -0.101. The molecule has 2 aromatic rings. The Kier molecular flexibility index (Phi) is 4.45. The van der Waals surface area contributed by atoms with Crippen LogP contribution in [0.2, 0.25) is 5.02 Å². The fourth-order valence-corrected chi connectivity index (χ4v) is 1.96. The van der Waals surface area contributed by atoms with Crippen LogP contribution in [-0.2, 0) is 12.1 Å². The summed E-state index contributed by atoms with van der Waals surface area (Å²) in [6, 6.07) is 9.87. The number of hydrogen-bond donors (Lipinski definition) is 0. The van der Waals surface area contributed by atoms with Crippen molar-refractivity contribution in [1.29, 1.82) is 0 Å². The van der Waals surface area contributed by atoms with Gasteiger partial charge in [0.05, 0.1) is 10.6 Å². The molecule has 0 aliphatic rings. The first kappa shape index (κ1) is 15.0. The Morgan fingerprint density at radius 1 is 1.05 bits per heavy atom. The lowest BCUT2D eigenvalue weighted by atomic mass is 10.2. The normalized spacial score (nSPS) is 11.4. The molecule has 0 radical (unpaired) electrons. The zero-order valence-corrected chi connectivity index (χ0v) is 11.6. The molecule has 0 heterocycles. The van der Waals surface area contributed by atoms with E-state index >= 15 is 0 Å². The van der Waals surface area contributed by atoms with E-state index in [9.17, 15) is 13.2 Å². The number of hydrogen-bond acceptors (Lipinski definition) is 1. The molecule has 0 aliphatic heterocycles. The average Bonchev–Trinajstić information content (AvgIpc) is 2.40. The van der Waals surface area contributed by atoms with Crippen molar-refractivity contribution in [2.45, 2.75) is 12.1 Å². The maximum Gasteiger partial charge on any atom is 0.416 e. The summed E-state index contributed by atoms with van der Waals surface area (Å²) in [6.07, 6.45) is -4.43. The highest BCUT2D eigenvalue weighted by molar-refractivity contribution is 6.32. The van der Waals surface area contributed by atoms with Crippen molar-refractivity contribution in [3.8, 4) is 11.5 Å². The van der Waals surface area contributed by atoms with Crippen LogP contribution in [-0.4, -0.2) is 0 Å². The monoisotopic (exact) mass is 320 g/mol. The van der Waals surface area contributed by atoms with Crippen LogP contribution in [0.1, 0.15) is 11.1 Å². The number of halogens is 5. The lowest BCUT2D eigenvalue weighted by molar-refractivity contribution is -0.137. The van der Waals surface area contributed by atoms with E-state index in [1.807, 2.05) is 6.07 Å². The number of ether oxygens (including phenoxy) is 1. The Balaban J connectivity index is 2.25. The maximum absolute atomic E-state index is 12.5. The van der Waals surface area contributed by atoms with Crippen LogP contribution in [0.25, 0.3) is 0 Å². The van der Waals surface area contributed by atoms with Crippen molar-refractivity contribution in [3.63, 3.8) is 0 Å². The molecule has 0 bridgehead atoms. The minimum absolute atomic E-state index is 0.101. The van der Waals surface area contributed by atoms with Gasteiger partial charge >= 0.3 is 6.18 Å². The van der Waals surface area contributed by atoms with Gasteiger partial charge in [0.1, 0.15) is 11.5 Å². The van der Waals surface area contributed by atoms with Gasteiger partial charge in [0, 0.05) is 5.88 Å². The van der Waals surface area contributed by atoms with Gasteiger partial charge in [0.15, 0.2) is 0 Å². The van der Waals surface area contributed by atoms with Crippen LogP contribution >= 0.6 is 23.2 Å². The van der Waals surface area contributed by atoms with E-state index in [1.165, 1.54) is 6.07 Å². The zero-order chi connectivity index (χ0) is 14.8. The minimum Gasteiger partial charge on any atom is -0.456 e. The lowest BCUT2D eigenvalue weighted by Crippen LogP contribution is -2.04. The highest BCUT2D eigenvalue weighted by Gasteiger charge is 2.31. The van der Waals surface area contributed by atoms with E-state index in [2.05, 4.69) is 0 Å². The zero-order valence-electron chi connectivity index (χ0n) is 10.0. The molecule has 0 aliphatic carbocycles. The second kappa shape index (κ2) is 5.94. The standard InChI is InChI=1S/C14H9Cl2F3O/c15-8-9-2-1-3-11(6-9)20-13-5-4-10(7-12(13)16)14(17,18)19/h1-7H,8H2. The second-order valence-corrected chi connectivity index (χ2v) is 4.70. The summed E-state index contributed by atoms with van der Waals surface area (Å²) >= 11 is 11.5. The molecule has 106 valence electrons. The Bertz CT molecular complexity index is 612. The van der Waals surface area contributed by atoms with Gasteiger partial charge in [-0.1, -0.05) is 23.7 Å². The van der Waals surface area contributed by atoms with Crippen molar-refractivity contribution in [2.24, 2.45) is 0 Å². The van der Waals surface area contributed by atoms with Gasteiger partial charge in [0.25, 0.3) is 0 Å². The molecule has 0 saturated heterocycles. The summed E-state index contributed by atoms with van der Waals surface area (Å²) in [5.74, 6) is 0.939. The second-order valence-electron chi connectivity index (χ2n) is 4.03. The van der Waals surface area contributed by atoms with Gasteiger partial charge in [-0.15, -0.1) is 11.6 Å². The van der Waals surface area contributed by atoms with E-state index in [4.69, 9.17) is 27.9 Å². The minimum atomic E-state index is -4.43. The van der Waals surface area contributed by atoms with Crippen LogP contribution in [0, 0.1) is 0 Å². The van der Waals surface area contributed by atoms with Crippen molar-refractivity contribution in [2.75, 3.05) is 0 Å². The van der Waals surface area contributed by atoms with Crippen molar-refractivity contribution < 1.29 is 17.9 Å². The number of rotatable bonds is 3. The summed E-state index contributed by atoms with van der Waals surface area (Å²) in [5.41, 5.74) is 0.0246. The van der Waals surface area contributed by atoms with Gasteiger partial charge in [-0.3, -0.25) is 0 Å². The van der Waals surface area contributed by atoms with E-state index in [0.29, 0.717) is 11.6 Å². The predicted octanol–water partition coefficient (Wildman–Crippen LogP) is 5.89. The van der Waals surface area contributed by atoms with Gasteiger partial charge in [-0.25, -0.2) is 0 Å². The SMILES string of the molecule is FC(F)(F)c1ccc(Oc2cccc(CCl)c2)c(Cl)c1. The third-order valence-electron chi connectivity index (χ3n) is 2.54. The summed E-state index contributed by atoms with van der Waals surface area (Å²) in [4.78, 5) is 0. The summed E-state index contributed by atoms with van der Waals surface area (Å²) in [6.45, 7) is 0. The number of alkyl halides is 4. The van der Waals surface area contributed by atoms with Crippen molar-refractivity contribution >= 4 is 23.2 Å². The van der Waals surface area contributed by atoms with Gasteiger partial charge in [0.2, 0.25) is 0 Å². The van der Waals surface area contributed by atoms with Crippen molar-refractivity contribution in [1.82, 2.24) is 0 Å². The molecule has 2 aromatic carbocycles. The highest BCUT2D eigenvalue weighted by atomic mass is 35.5. The van der Waals surface area contributed by atoms with Crippen molar-refractivity contribution in [3.05, 3.63) is 58.6 Å². The molecule has 0 aromatic heterocycles. The molecule has 0 saturated carbocycles. The molecule has 20 heavy (non-hydrogen) atoms. The maximum atomic E-state index is 12.5. The first-order chi connectivity index (χ1) is 9.40. The molecule has 0 atom stereocenters. The summed E-state index contributed by atoms with van der Waals surface area (Å²) < 4.78 is 43.0. The van der Waals surface area contributed by atoms with E-state index < -0.39 is 11.7 Å². The van der Waals surface area contributed by atoms with Crippen LogP contribution in [0.15, 0.2) is 42.5 Å². The Labute approximate surface area is 123 Å². The molecule has 0 amide bonds. The molecular weight excluding hydrogens is 312 g/mol. The number of benzene rings is 2. The topological polar surface area (TPSA) is 9.23 Å². The van der Waals surface area contributed by atoms with Crippen LogP contribution in [0.3, 0.4) is 0 Å². The quantitative estimate of drug-likeness (QED) is 0.641. The summed E-state index contributed by atoms with van der Waals surface area (Å²) in [7, 11) is 0. The smallest absolute Gasteiger partial charge is 0.416 e. The largest absolute Gasteiger partial charge is 0.456 e. The molecule has 1 nitrogen and oxygen atoms in total. The molecule has 6 heteroatoms. The van der Waals surface area contributed by atoms with Crippen LogP contribution < -0.4 is 4.74 Å². The predicted molar refractivity (Wildman–Crippen MR) is 72.5 cm³/mol. The molecule has 0 unspecified atom stereocenters. The Morgan fingerprint density at radius 2 is 1.80 bits per heavy atom. The van der Waals surface area contributed by atoms with Gasteiger partial charge in [-0.2, -0.15) is 13.2 Å².